The Balaban J connectivity index is -0.0000000331. The molecule has 0 amide bonds. The summed E-state index contributed by atoms with van der Waals surface area (Å²) < 4.78 is 0. The Bertz CT molecular complexity index is 195. The number of carboxylic acid groups (broad SMARTS) is 4. The van der Waals surface area contributed by atoms with Gasteiger partial charge in [-0.25, -0.2) is 0 Å². The number of hydrogen-bond acceptors (Lipinski definition) is 6. The number of nitrogens with two attached hydrogens (primary N) is 2. The zero-order valence-corrected chi connectivity index (χ0v) is 13.4. The molecular formula is C10H24FeN2O8. The van der Waals surface area contributed by atoms with Gasteiger partial charge in [0.05, 0.1) is 0 Å². The maximum absolute atomic E-state index is 9.00. The molecule has 0 spiro atoms. The van der Waals surface area contributed by atoms with Crippen LogP contribution >= 0.6 is 0 Å². The fourth-order valence-electron chi connectivity index (χ4n) is 0. The van der Waals surface area contributed by atoms with Gasteiger partial charge in [-0.15, -0.1) is 0 Å². The monoisotopic (exact) mass is 356 g/mol. The molecule has 130 valence electrons. The molecule has 0 unspecified atom stereocenters. The largest absolute Gasteiger partial charge is 0.481 e. The van der Waals surface area contributed by atoms with E-state index < -0.39 is 23.9 Å². The van der Waals surface area contributed by atoms with Gasteiger partial charge in [0.25, 0.3) is 23.9 Å². The van der Waals surface area contributed by atoms with Crippen molar-refractivity contribution in [3.05, 3.63) is 0 Å². The van der Waals surface area contributed by atoms with Crippen LogP contribution in [0.4, 0.5) is 0 Å². The molecule has 0 fully saturated rings. The quantitative estimate of drug-likeness (QED) is 0.325. The predicted molar refractivity (Wildman–Crippen MR) is 71.3 cm³/mol. The smallest absolute Gasteiger partial charge is 0.300 e. The van der Waals surface area contributed by atoms with Crippen LogP contribution in [-0.4, -0.2) is 57.4 Å². The summed E-state index contributed by atoms with van der Waals surface area (Å²) in [5.74, 6) is -3.33. The summed E-state index contributed by atoms with van der Waals surface area (Å²) in [6.07, 6.45) is 0. The summed E-state index contributed by atoms with van der Waals surface area (Å²) in [5, 5.41) is 29.7. The van der Waals surface area contributed by atoms with Gasteiger partial charge in [0.2, 0.25) is 0 Å². The Morgan fingerprint density at radius 1 is 0.619 bits per heavy atom. The van der Waals surface area contributed by atoms with Crippen molar-refractivity contribution < 1.29 is 56.7 Å². The second-order valence-corrected chi connectivity index (χ2v) is 2.65. The van der Waals surface area contributed by atoms with Crippen LogP contribution in [-0.2, 0) is 36.2 Å². The SMILES string of the molecule is CC(=O)O.CC(=O)O.CC(=O)O.CC(=O)O.NCCN.[Fe]. The van der Waals surface area contributed by atoms with Gasteiger partial charge in [-0.1, -0.05) is 0 Å². The Hall–Kier alpha value is -1.68. The van der Waals surface area contributed by atoms with Crippen LogP contribution in [0.15, 0.2) is 0 Å². The molecular weight excluding hydrogens is 332 g/mol. The van der Waals surface area contributed by atoms with Gasteiger partial charge in [-0.3, -0.25) is 19.2 Å². The predicted octanol–water partition coefficient (Wildman–Crippen LogP) is -0.735. The van der Waals surface area contributed by atoms with Gasteiger partial charge in [-0.05, 0) is 0 Å². The molecule has 10 nitrogen and oxygen atoms in total. The Morgan fingerprint density at radius 2 is 0.667 bits per heavy atom. The molecule has 0 rings (SSSR count). The first-order chi connectivity index (χ1) is 8.84. The topological polar surface area (TPSA) is 201 Å². The molecule has 0 aliphatic carbocycles. The fourth-order valence-corrected chi connectivity index (χ4v) is 0. The Labute approximate surface area is 133 Å². The molecule has 11 heteroatoms. The third kappa shape index (κ3) is 10500. The average Bonchev–Trinajstić information content (AvgIpc) is 2.13. The van der Waals surface area contributed by atoms with Gasteiger partial charge < -0.3 is 31.9 Å². The zero-order chi connectivity index (χ0) is 17.7. The normalized spacial score (nSPS) is 6.19. The molecule has 21 heavy (non-hydrogen) atoms. The molecule has 0 saturated carbocycles. The van der Waals surface area contributed by atoms with E-state index in [0.29, 0.717) is 13.1 Å². The number of hydrogen-bond donors (Lipinski definition) is 6. The van der Waals surface area contributed by atoms with Crippen LogP contribution < -0.4 is 11.5 Å². The van der Waals surface area contributed by atoms with Crippen molar-refractivity contribution in [2.75, 3.05) is 13.1 Å². The van der Waals surface area contributed by atoms with E-state index in [1.54, 1.807) is 0 Å². The van der Waals surface area contributed by atoms with E-state index in [4.69, 9.17) is 51.1 Å². The summed E-state index contributed by atoms with van der Waals surface area (Å²) in [4.78, 5) is 36.0. The molecule has 0 aliphatic heterocycles. The number of carbonyl (C=O) groups is 4. The van der Waals surface area contributed by atoms with E-state index in [0.717, 1.165) is 27.7 Å². The third-order valence-electron chi connectivity index (χ3n) is 0.167. The van der Waals surface area contributed by atoms with Crippen molar-refractivity contribution in [1.29, 1.82) is 0 Å². The minimum Gasteiger partial charge on any atom is -0.481 e. The van der Waals surface area contributed by atoms with Crippen molar-refractivity contribution in [2.45, 2.75) is 27.7 Å². The van der Waals surface area contributed by atoms with Crippen molar-refractivity contribution in [3.63, 3.8) is 0 Å². The Kier molecular flexibility index (Phi) is 63.0. The second kappa shape index (κ2) is 36.2. The Morgan fingerprint density at radius 3 is 0.667 bits per heavy atom. The van der Waals surface area contributed by atoms with Gasteiger partial charge in [0.15, 0.2) is 0 Å². The van der Waals surface area contributed by atoms with Crippen LogP contribution in [0.1, 0.15) is 27.7 Å². The summed E-state index contributed by atoms with van der Waals surface area (Å²) in [6, 6.07) is 0. The van der Waals surface area contributed by atoms with Crippen molar-refractivity contribution in [3.8, 4) is 0 Å². The summed E-state index contributed by atoms with van der Waals surface area (Å²) in [5.41, 5.74) is 9.81. The molecule has 0 aromatic rings. The minimum absolute atomic E-state index is 0. The van der Waals surface area contributed by atoms with E-state index in [9.17, 15) is 0 Å². The van der Waals surface area contributed by atoms with E-state index >= 15 is 0 Å². The zero-order valence-electron chi connectivity index (χ0n) is 12.3. The maximum atomic E-state index is 9.00. The van der Waals surface area contributed by atoms with E-state index in [1.165, 1.54) is 0 Å². The molecule has 0 aromatic carbocycles. The van der Waals surface area contributed by atoms with E-state index in [1.807, 2.05) is 0 Å². The van der Waals surface area contributed by atoms with Crippen LogP contribution in [0, 0.1) is 0 Å². The first-order valence-corrected chi connectivity index (χ1v) is 5.03. The molecule has 0 aliphatic rings. The van der Waals surface area contributed by atoms with Crippen LogP contribution in [0.25, 0.3) is 0 Å². The summed E-state index contributed by atoms with van der Waals surface area (Å²) >= 11 is 0. The summed E-state index contributed by atoms with van der Waals surface area (Å²) in [6.45, 7) is 5.53. The van der Waals surface area contributed by atoms with Gasteiger partial charge in [0.1, 0.15) is 0 Å². The molecule has 0 saturated heterocycles. The van der Waals surface area contributed by atoms with Gasteiger partial charge in [0, 0.05) is 57.9 Å². The maximum Gasteiger partial charge on any atom is 0.300 e. The molecule has 0 atom stereocenters. The van der Waals surface area contributed by atoms with Crippen LogP contribution in [0.3, 0.4) is 0 Å². The first-order valence-electron chi connectivity index (χ1n) is 5.03. The number of aliphatic carboxylic acids is 4. The third-order valence-corrected chi connectivity index (χ3v) is 0.167. The number of rotatable bonds is 1. The summed E-state index contributed by atoms with van der Waals surface area (Å²) in [7, 11) is 0. The van der Waals surface area contributed by atoms with Crippen LogP contribution in [0.5, 0.6) is 0 Å². The van der Waals surface area contributed by atoms with Crippen LogP contribution in [0.2, 0.25) is 0 Å². The molecule has 8 N–H and O–H groups in total. The van der Waals surface area contributed by atoms with Crippen molar-refractivity contribution in [2.24, 2.45) is 11.5 Å². The van der Waals surface area contributed by atoms with Gasteiger partial charge in [-0.2, -0.15) is 0 Å². The average molecular weight is 356 g/mol. The molecule has 0 bridgehead atoms. The van der Waals surface area contributed by atoms with E-state index in [2.05, 4.69) is 0 Å². The minimum atomic E-state index is -0.833. The molecule has 0 radical (unpaired) electrons. The molecule has 0 heterocycles. The standard InChI is InChI=1S/C2H8N2.4C2H4O2.Fe/c3-1-2-4;4*1-2(3)4;/h1-4H2;4*1H3,(H,3,4);. The molecule has 0 aromatic heterocycles. The van der Waals surface area contributed by atoms with Crippen molar-refractivity contribution in [1.82, 2.24) is 0 Å². The van der Waals surface area contributed by atoms with Crippen molar-refractivity contribution >= 4 is 23.9 Å². The van der Waals surface area contributed by atoms with Gasteiger partial charge >= 0.3 is 0 Å². The number of carboxylic acids is 4. The first kappa shape index (κ1) is 36.5. The second-order valence-electron chi connectivity index (χ2n) is 2.65. The van der Waals surface area contributed by atoms with E-state index in [-0.39, 0.29) is 17.1 Å². The fraction of sp³-hybridized carbons (Fsp3) is 0.600.